The van der Waals surface area contributed by atoms with Crippen LogP contribution in [0.1, 0.15) is 6.92 Å². The maximum atomic E-state index is 12.3. The van der Waals surface area contributed by atoms with E-state index < -0.39 is 0 Å². The van der Waals surface area contributed by atoms with Crippen LogP contribution in [0.15, 0.2) is 84.2 Å². The number of hydrogen-bond acceptors (Lipinski definition) is 5. The number of anilines is 1. The fraction of sp³-hybridized carbons (Fsp3) is 0.120. The van der Waals surface area contributed by atoms with Gasteiger partial charge in [-0.05, 0) is 42.3 Å². The van der Waals surface area contributed by atoms with Gasteiger partial charge in [0.1, 0.15) is 11.5 Å². The van der Waals surface area contributed by atoms with E-state index in [1.165, 1.54) is 11.3 Å². The molecule has 3 aromatic carbocycles. The smallest absolute Gasteiger partial charge is 0.264 e. The third kappa shape index (κ3) is 5.29. The van der Waals surface area contributed by atoms with Gasteiger partial charge in [-0.1, -0.05) is 54.6 Å². The Morgan fingerprint density at radius 3 is 2.39 bits per heavy atom. The molecule has 0 bridgehead atoms. The molecule has 4 aromatic rings. The highest BCUT2D eigenvalue weighted by molar-refractivity contribution is 7.14. The van der Waals surface area contributed by atoms with Crippen molar-refractivity contribution in [2.75, 3.05) is 18.5 Å². The zero-order valence-corrected chi connectivity index (χ0v) is 17.9. The van der Waals surface area contributed by atoms with Gasteiger partial charge in [0, 0.05) is 10.9 Å². The number of nitrogens with zero attached hydrogens (tertiary/aromatic N) is 1. The Hall–Kier alpha value is -3.64. The summed E-state index contributed by atoms with van der Waals surface area (Å²) < 4.78 is 11.3. The molecular weight excluding hydrogens is 408 g/mol. The molecule has 5 nitrogen and oxygen atoms in total. The first-order valence-electron chi connectivity index (χ1n) is 9.99. The van der Waals surface area contributed by atoms with E-state index >= 15 is 0 Å². The van der Waals surface area contributed by atoms with Crippen LogP contribution in [-0.2, 0) is 4.79 Å². The van der Waals surface area contributed by atoms with Crippen molar-refractivity contribution in [2.24, 2.45) is 0 Å². The normalized spacial score (nSPS) is 10.5. The number of amides is 1. The molecule has 0 saturated heterocycles. The Kier molecular flexibility index (Phi) is 6.59. The van der Waals surface area contributed by atoms with Crippen molar-refractivity contribution in [1.82, 2.24) is 4.98 Å². The first-order chi connectivity index (χ1) is 15.2. The van der Waals surface area contributed by atoms with Gasteiger partial charge in [-0.25, -0.2) is 4.98 Å². The van der Waals surface area contributed by atoms with E-state index in [4.69, 9.17) is 9.47 Å². The molecule has 0 spiro atoms. The molecule has 6 heteroatoms. The summed E-state index contributed by atoms with van der Waals surface area (Å²) in [6.07, 6.45) is 0. The molecule has 4 rings (SSSR count). The lowest BCUT2D eigenvalue weighted by Gasteiger charge is -2.08. The second kappa shape index (κ2) is 9.91. The summed E-state index contributed by atoms with van der Waals surface area (Å²) in [5.41, 5.74) is 3.90. The van der Waals surface area contributed by atoms with Crippen LogP contribution in [0.4, 0.5) is 5.13 Å². The van der Waals surface area contributed by atoms with Crippen LogP contribution in [0.25, 0.3) is 22.4 Å². The number of nitrogens with one attached hydrogen (secondary N) is 1. The van der Waals surface area contributed by atoms with Crippen LogP contribution in [0.5, 0.6) is 11.5 Å². The van der Waals surface area contributed by atoms with E-state index in [1.54, 1.807) is 0 Å². The number of aromatic nitrogens is 1. The number of carbonyl (C=O) groups is 1. The molecule has 1 amide bonds. The highest BCUT2D eigenvalue weighted by atomic mass is 32.1. The van der Waals surface area contributed by atoms with Crippen molar-refractivity contribution in [2.45, 2.75) is 6.92 Å². The van der Waals surface area contributed by atoms with Crippen LogP contribution in [0.3, 0.4) is 0 Å². The van der Waals surface area contributed by atoms with Crippen LogP contribution in [0.2, 0.25) is 0 Å². The topological polar surface area (TPSA) is 60.5 Å². The lowest BCUT2D eigenvalue weighted by molar-refractivity contribution is -0.118. The number of hydrogen-bond donors (Lipinski definition) is 1. The number of thiazole rings is 1. The summed E-state index contributed by atoms with van der Waals surface area (Å²) in [4.78, 5) is 16.8. The highest BCUT2D eigenvalue weighted by Gasteiger charge is 2.12. The van der Waals surface area contributed by atoms with Crippen molar-refractivity contribution in [3.8, 4) is 33.9 Å². The second-order valence-corrected chi connectivity index (χ2v) is 7.55. The van der Waals surface area contributed by atoms with Crippen molar-refractivity contribution in [3.05, 3.63) is 84.2 Å². The summed E-state index contributed by atoms with van der Waals surface area (Å²) in [6.45, 7) is 2.43. The van der Waals surface area contributed by atoms with E-state index in [1.807, 2.05) is 79.0 Å². The van der Waals surface area contributed by atoms with E-state index in [-0.39, 0.29) is 12.5 Å². The van der Waals surface area contributed by atoms with Crippen LogP contribution >= 0.6 is 11.3 Å². The Balaban J connectivity index is 1.34. The number of para-hydroxylation sites is 1. The minimum absolute atomic E-state index is 0.0882. The van der Waals surface area contributed by atoms with Crippen LogP contribution in [-0.4, -0.2) is 24.1 Å². The van der Waals surface area contributed by atoms with Gasteiger partial charge < -0.3 is 9.47 Å². The average molecular weight is 431 g/mol. The molecule has 0 saturated carbocycles. The monoisotopic (exact) mass is 430 g/mol. The van der Waals surface area contributed by atoms with E-state index in [9.17, 15) is 4.79 Å². The molecule has 156 valence electrons. The first kappa shape index (κ1) is 20.6. The molecule has 31 heavy (non-hydrogen) atoms. The summed E-state index contributed by atoms with van der Waals surface area (Å²) in [6, 6.07) is 25.5. The maximum Gasteiger partial charge on any atom is 0.264 e. The van der Waals surface area contributed by atoms with Crippen molar-refractivity contribution >= 4 is 22.4 Å². The number of rotatable bonds is 8. The molecule has 1 heterocycles. The Morgan fingerprint density at radius 2 is 1.61 bits per heavy atom. The van der Waals surface area contributed by atoms with Crippen molar-refractivity contribution in [1.29, 1.82) is 0 Å². The number of ether oxygens (including phenoxy) is 2. The molecule has 0 fully saturated rings. The molecule has 0 atom stereocenters. The van der Waals surface area contributed by atoms with Gasteiger partial charge in [0.2, 0.25) is 0 Å². The zero-order valence-electron chi connectivity index (χ0n) is 17.1. The van der Waals surface area contributed by atoms with Crippen LogP contribution in [0, 0.1) is 0 Å². The molecule has 1 N–H and O–H groups in total. The quantitative estimate of drug-likeness (QED) is 0.378. The summed E-state index contributed by atoms with van der Waals surface area (Å²) >= 11 is 1.37. The zero-order chi connectivity index (χ0) is 21.5. The Labute approximate surface area is 185 Å². The summed E-state index contributed by atoms with van der Waals surface area (Å²) in [7, 11) is 0. The summed E-state index contributed by atoms with van der Waals surface area (Å²) in [5.74, 6) is 1.15. The van der Waals surface area contributed by atoms with E-state index in [0.29, 0.717) is 17.5 Å². The number of carbonyl (C=O) groups excluding carboxylic acids is 1. The van der Waals surface area contributed by atoms with Gasteiger partial charge in [-0.2, -0.15) is 0 Å². The van der Waals surface area contributed by atoms with Crippen molar-refractivity contribution in [3.63, 3.8) is 0 Å². The maximum absolute atomic E-state index is 12.3. The Bertz CT molecular complexity index is 1140. The van der Waals surface area contributed by atoms with E-state index in [0.717, 1.165) is 28.1 Å². The lowest BCUT2D eigenvalue weighted by Crippen LogP contribution is -2.20. The fourth-order valence-corrected chi connectivity index (χ4v) is 3.82. The van der Waals surface area contributed by atoms with Gasteiger partial charge in [0.05, 0.1) is 12.3 Å². The van der Waals surface area contributed by atoms with Gasteiger partial charge in [-0.3, -0.25) is 10.1 Å². The SMILES string of the molecule is CCOc1ccccc1-c1csc(NC(=O)COc2ccc(-c3ccccc3)cc2)n1. The fourth-order valence-electron chi connectivity index (χ4n) is 3.09. The third-order valence-corrected chi connectivity index (χ3v) is 5.30. The minimum Gasteiger partial charge on any atom is -0.493 e. The van der Waals surface area contributed by atoms with Crippen molar-refractivity contribution < 1.29 is 14.3 Å². The van der Waals surface area contributed by atoms with Gasteiger partial charge in [-0.15, -0.1) is 11.3 Å². The van der Waals surface area contributed by atoms with Crippen LogP contribution < -0.4 is 14.8 Å². The Morgan fingerprint density at radius 1 is 0.903 bits per heavy atom. The molecule has 0 aliphatic heterocycles. The number of benzene rings is 3. The molecule has 1 aromatic heterocycles. The van der Waals surface area contributed by atoms with Gasteiger partial charge >= 0.3 is 0 Å². The highest BCUT2D eigenvalue weighted by Crippen LogP contribution is 2.32. The average Bonchev–Trinajstić information content (AvgIpc) is 3.27. The lowest BCUT2D eigenvalue weighted by atomic mass is 10.1. The minimum atomic E-state index is -0.258. The molecule has 0 unspecified atom stereocenters. The standard InChI is InChI=1S/C25H22N2O3S/c1-2-29-23-11-7-6-10-21(23)22-17-31-25(26-22)27-24(28)16-30-20-14-12-19(13-15-20)18-8-4-3-5-9-18/h3-15,17H,2,16H2,1H3,(H,26,27,28). The third-order valence-electron chi connectivity index (χ3n) is 4.54. The predicted molar refractivity (Wildman–Crippen MR) is 125 cm³/mol. The predicted octanol–water partition coefficient (Wildman–Crippen LogP) is 5.89. The van der Waals surface area contributed by atoms with Gasteiger partial charge in [0.15, 0.2) is 11.7 Å². The first-order valence-corrected chi connectivity index (χ1v) is 10.9. The largest absolute Gasteiger partial charge is 0.493 e. The molecule has 0 radical (unpaired) electrons. The van der Waals surface area contributed by atoms with E-state index in [2.05, 4.69) is 22.4 Å². The summed E-state index contributed by atoms with van der Waals surface area (Å²) in [5, 5.41) is 5.22. The van der Waals surface area contributed by atoms with Gasteiger partial charge in [0.25, 0.3) is 5.91 Å². The molecule has 0 aliphatic carbocycles. The molecule has 0 aliphatic rings. The second-order valence-electron chi connectivity index (χ2n) is 6.69. The molecular formula is C25H22N2O3S.